The molecular weight excluding hydrogens is 338 g/mol. The Hall–Kier alpha value is -2.28. The average molecular weight is 362 g/mol. The molecule has 2 atom stereocenters. The van der Waals surface area contributed by atoms with E-state index in [0.29, 0.717) is 34.8 Å². The highest BCUT2D eigenvalue weighted by Gasteiger charge is 2.44. The summed E-state index contributed by atoms with van der Waals surface area (Å²) in [4.78, 5) is 24.7. The number of hydrogen-bond acceptors (Lipinski definition) is 6. The molecule has 1 aromatic rings. The first-order valence-corrected chi connectivity index (χ1v) is 8.93. The van der Waals surface area contributed by atoms with Crippen LogP contribution in [-0.4, -0.2) is 57.4 Å². The Morgan fingerprint density at radius 1 is 1.31 bits per heavy atom. The summed E-state index contributed by atoms with van der Waals surface area (Å²) in [6.07, 6.45) is 1.62. The van der Waals surface area contributed by atoms with Gasteiger partial charge < -0.3 is 23.4 Å². The molecule has 0 amide bonds. The zero-order valence-corrected chi connectivity index (χ0v) is 15.4. The maximum Gasteiger partial charge on any atom is 0.316 e. The zero-order chi connectivity index (χ0) is 18.5. The van der Waals surface area contributed by atoms with Gasteiger partial charge in [-0.15, -0.1) is 0 Å². The predicted octanol–water partition coefficient (Wildman–Crippen LogP) is 1.62. The molecule has 1 fully saturated rings. The summed E-state index contributed by atoms with van der Waals surface area (Å²) < 4.78 is 22.5. The van der Waals surface area contributed by atoms with E-state index in [2.05, 4.69) is 14.1 Å². The van der Waals surface area contributed by atoms with Gasteiger partial charge in [-0.25, -0.2) is 0 Å². The Bertz CT molecular complexity index is 772. The van der Waals surface area contributed by atoms with Gasteiger partial charge in [0.2, 0.25) is 12.5 Å². The number of rotatable bonds is 4. The Balaban J connectivity index is 1.75. The number of nitrogens with zero attached hydrogens (tertiary/aromatic N) is 1. The molecule has 7 nitrogen and oxygen atoms in total. The number of fused-ring (bicyclic) bond motifs is 2. The molecule has 3 aliphatic heterocycles. The molecule has 0 aliphatic carbocycles. The van der Waals surface area contributed by atoms with E-state index in [9.17, 15) is 9.59 Å². The number of benzene rings is 1. The molecule has 2 unspecified atom stereocenters. The Morgan fingerprint density at radius 3 is 2.81 bits per heavy atom. The van der Waals surface area contributed by atoms with Gasteiger partial charge in [-0.2, -0.15) is 0 Å². The van der Waals surface area contributed by atoms with Crippen molar-refractivity contribution < 1.29 is 33.0 Å². The first kappa shape index (κ1) is 17.1. The highest BCUT2D eigenvalue weighted by molar-refractivity contribution is 6.00. The third-order valence-electron chi connectivity index (χ3n) is 5.80. The second-order valence-electron chi connectivity index (χ2n) is 7.66. The van der Waals surface area contributed by atoms with E-state index >= 15 is 0 Å². The average Bonchev–Trinajstić information content (AvgIpc) is 3.24. The van der Waals surface area contributed by atoms with Crippen molar-refractivity contribution in [1.29, 1.82) is 0 Å². The van der Waals surface area contributed by atoms with Crippen molar-refractivity contribution in [2.45, 2.75) is 25.3 Å². The maximum absolute atomic E-state index is 12.8. The zero-order valence-electron chi connectivity index (χ0n) is 15.4. The van der Waals surface area contributed by atoms with Crippen LogP contribution in [0.15, 0.2) is 6.07 Å². The molecule has 0 bridgehead atoms. The van der Waals surface area contributed by atoms with Gasteiger partial charge in [-0.3, -0.25) is 9.59 Å². The molecule has 0 aromatic heterocycles. The number of likely N-dealkylation sites (N-methyl/N-ethyl adjacent to an activating group) is 1. The molecule has 3 heterocycles. The molecule has 0 spiro atoms. The molecule has 26 heavy (non-hydrogen) atoms. The number of ketones is 1. The number of carbonyl (C=O) groups excluding carboxylic acids is 2. The normalized spacial score (nSPS) is 25.6. The van der Waals surface area contributed by atoms with Crippen molar-refractivity contribution >= 4 is 11.8 Å². The number of ether oxygens (including phenoxy) is 4. The van der Waals surface area contributed by atoms with E-state index in [-0.39, 0.29) is 25.0 Å². The van der Waals surface area contributed by atoms with E-state index in [1.807, 2.05) is 6.07 Å². The summed E-state index contributed by atoms with van der Waals surface area (Å²) in [6, 6.07) is 1.89. The first-order chi connectivity index (χ1) is 12.4. The van der Waals surface area contributed by atoms with Crippen LogP contribution in [-0.2, 0) is 20.7 Å². The number of cyclic esters (lactones) is 1. The highest BCUT2D eigenvalue weighted by atomic mass is 16.7. The topological polar surface area (TPSA) is 71.1 Å². The van der Waals surface area contributed by atoms with Crippen LogP contribution in [0.2, 0.25) is 0 Å². The Kier molecular flexibility index (Phi) is 4.06. The minimum absolute atomic E-state index is 0.0590. The lowest BCUT2D eigenvalue weighted by atomic mass is 9.84. The van der Waals surface area contributed by atoms with Crippen molar-refractivity contribution in [2.24, 2.45) is 5.92 Å². The molecular formula is C19H24NO6+. The van der Waals surface area contributed by atoms with Crippen LogP contribution in [0.4, 0.5) is 0 Å². The number of quaternary nitrogens is 1. The number of Topliss-reactive ketones (excluding diaryl/α,β-unsaturated/α-hetero) is 1. The SMILES string of the molecule is COc1c2c(cc3c1C(CC(=O)C1CCOC1=O)[N+](C)(C)CC3)OCO2. The lowest BCUT2D eigenvalue weighted by molar-refractivity contribution is -0.922. The second kappa shape index (κ2) is 6.16. The second-order valence-corrected chi connectivity index (χ2v) is 7.66. The van der Waals surface area contributed by atoms with Crippen LogP contribution in [0.1, 0.15) is 30.0 Å². The summed E-state index contributed by atoms with van der Waals surface area (Å²) in [5, 5.41) is 0. The largest absolute Gasteiger partial charge is 0.492 e. The van der Waals surface area contributed by atoms with Gasteiger partial charge >= 0.3 is 5.97 Å². The summed E-state index contributed by atoms with van der Waals surface area (Å²) in [6.45, 7) is 1.39. The number of methoxy groups -OCH3 is 1. The summed E-state index contributed by atoms with van der Waals surface area (Å²) >= 11 is 0. The number of hydrogen-bond donors (Lipinski definition) is 0. The highest BCUT2D eigenvalue weighted by Crippen LogP contribution is 2.51. The van der Waals surface area contributed by atoms with Crippen LogP contribution in [0.25, 0.3) is 0 Å². The molecule has 1 aromatic carbocycles. The van der Waals surface area contributed by atoms with Crippen LogP contribution in [0.5, 0.6) is 17.2 Å². The first-order valence-electron chi connectivity index (χ1n) is 8.93. The molecule has 0 N–H and O–H groups in total. The summed E-state index contributed by atoms with van der Waals surface area (Å²) in [5.74, 6) is 0.849. The maximum atomic E-state index is 12.8. The standard InChI is InChI=1S/C19H24NO6/c1-20(2)6-4-11-8-15-17(26-10-25-15)18(23-3)16(11)13(20)9-14(21)12-5-7-24-19(12)22/h8,12-13H,4-7,9-10H2,1-3H3/q+1. The Morgan fingerprint density at radius 2 is 2.12 bits per heavy atom. The third kappa shape index (κ3) is 2.61. The van der Waals surface area contributed by atoms with Gasteiger partial charge in [0.15, 0.2) is 17.3 Å². The smallest absolute Gasteiger partial charge is 0.316 e. The van der Waals surface area contributed by atoms with E-state index in [1.165, 1.54) is 0 Å². The van der Waals surface area contributed by atoms with Gasteiger partial charge in [0.05, 0.1) is 46.3 Å². The van der Waals surface area contributed by atoms with Crippen LogP contribution in [0.3, 0.4) is 0 Å². The number of carbonyl (C=O) groups is 2. The van der Waals surface area contributed by atoms with Gasteiger partial charge in [-0.05, 0) is 11.6 Å². The molecule has 3 aliphatic rings. The Labute approximate surface area is 152 Å². The minimum Gasteiger partial charge on any atom is -0.492 e. The fourth-order valence-corrected chi connectivity index (χ4v) is 4.24. The van der Waals surface area contributed by atoms with Crippen molar-refractivity contribution in [1.82, 2.24) is 0 Å². The van der Waals surface area contributed by atoms with Crippen LogP contribution >= 0.6 is 0 Å². The third-order valence-corrected chi connectivity index (χ3v) is 5.80. The van der Waals surface area contributed by atoms with E-state index in [1.54, 1.807) is 7.11 Å². The molecule has 0 saturated carbocycles. The molecule has 0 radical (unpaired) electrons. The monoisotopic (exact) mass is 362 g/mol. The van der Waals surface area contributed by atoms with Crippen molar-refractivity contribution in [2.75, 3.05) is 41.1 Å². The lowest BCUT2D eigenvalue weighted by Crippen LogP contribution is -2.49. The minimum atomic E-state index is -0.639. The fraction of sp³-hybridized carbons (Fsp3) is 0.579. The fourth-order valence-electron chi connectivity index (χ4n) is 4.24. The molecule has 1 saturated heterocycles. The summed E-state index contributed by atoms with van der Waals surface area (Å²) in [7, 11) is 5.83. The van der Waals surface area contributed by atoms with Gasteiger partial charge in [-0.1, -0.05) is 0 Å². The van der Waals surface area contributed by atoms with Gasteiger partial charge in [0, 0.05) is 12.8 Å². The van der Waals surface area contributed by atoms with Crippen molar-refractivity contribution in [3.63, 3.8) is 0 Å². The van der Waals surface area contributed by atoms with Gasteiger partial charge in [0.25, 0.3) is 0 Å². The quantitative estimate of drug-likeness (QED) is 0.461. The van der Waals surface area contributed by atoms with E-state index in [0.717, 1.165) is 24.1 Å². The van der Waals surface area contributed by atoms with Crippen LogP contribution < -0.4 is 14.2 Å². The lowest BCUT2D eigenvalue weighted by Gasteiger charge is -2.43. The van der Waals surface area contributed by atoms with Crippen molar-refractivity contribution in [3.05, 3.63) is 17.2 Å². The molecule has 140 valence electrons. The van der Waals surface area contributed by atoms with Gasteiger partial charge in [0.1, 0.15) is 12.0 Å². The summed E-state index contributed by atoms with van der Waals surface area (Å²) in [5.41, 5.74) is 2.11. The predicted molar refractivity (Wildman–Crippen MR) is 91.2 cm³/mol. The molecule has 7 heteroatoms. The number of esters is 1. The molecule has 4 rings (SSSR count). The van der Waals surface area contributed by atoms with E-state index in [4.69, 9.17) is 18.9 Å². The van der Waals surface area contributed by atoms with Crippen molar-refractivity contribution in [3.8, 4) is 17.2 Å². The van der Waals surface area contributed by atoms with E-state index < -0.39 is 11.9 Å². The van der Waals surface area contributed by atoms with Crippen LogP contribution in [0, 0.1) is 5.92 Å².